The van der Waals surface area contributed by atoms with E-state index < -0.39 is 0 Å². The van der Waals surface area contributed by atoms with Crippen molar-refractivity contribution in [3.63, 3.8) is 0 Å². The second-order valence-corrected chi connectivity index (χ2v) is 8.47. The summed E-state index contributed by atoms with van der Waals surface area (Å²) in [6.45, 7) is 8.02. The Bertz CT molecular complexity index is 1260. The molecule has 0 fully saturated rings. The largest absolute Gasteiger partial charge is 0.492 e. The van der Waals surface area contributed by atoms with Crippen molar-refractivity contribution in [1.29, 1.82) is 0 Å². The average Bonchev–Trinajstić information content (AvgIpc) is 3.15. The summed E-state index contributed by atoms with van der Waals surface area (Å²) >= 11 is 0. The lowest BCUT2D eigenvalue weighted by molar-refractivity contribution is -0.120. The summed E-state index contributed by atoms with van der Waals surface area (Å²) in [4.78, 5) is 17.2. The molecule has 0 atom stereocenters. The van der Waals surface area contributed by atoms with E-state index in [9.17, 15) is 4.79 Å². The summed E-state index contributed by atoms with van der Waals surface area (Å²) in [5, 5.41) is 3.05. The summed E-state index contributed by atoms with van der Waals surface area (Å²) in [5.41, 5.74) is 6.73. The van der Waals surface area contributed by atoms with Crippen LogP contribution in [0.4, 0.5) is 0 Å². The van der Waals surface area contributed by atoms with Crippen LogP contribution in [0.25, 0.3) is 11.0 Å². The van der Waals surface area contributed by atoms with Crippen LogP contribution in [0, 0.1) is 20.8 Å². The maximum absolute atomic E-state index is 12.4. The third kappa shape index (κ3) is 5.61. The number of carbonyl (C=O) groups is 1. The van der Waals surface area contributed by atoms with Crippen molar-refractivity contribution >= 4 is 16.9 Å². The SMILES string of the molecule is Cc1ccc(OCCn2c(CCNC(=O)Cc3ccccc3C)nc3ccccc32)cc1C. The van der Waals surface area contributed by atoms with E-state index in [0.29, 0.717) is 32.5 Å². The Balaban J connectivity index is 1.38. The van der Waals surface area contributed by atoms with Crippen molar-refractivity contribution in [2.24, 2.45) is 0 Å². The number of aromatic nitrogens is 2. The van der Waals surface area contributed by atoms with Crippen molar-refractivity contribution in [2.45, 2.75) is 40.2 Å². The van der Waals surface area contributed by atoms with E-state index in [1.54, 1.807) is 0 Å². The van der Waals surface area contributed by atoms with E-state index in [2.05, 4.69) is 41.9 Å². The summed E-state index contributed by atoms with van der Waals surface area (Å²) in [7, 11) is 0. The average molecular weight is 442 g/mol. The fraction of sp³-hybridized carbons (Fsp3) is 0.286. The van der Waals surface area contributed by atoms with Gasteiger partial charge < -0.3 is 14.6 Å². The molecule has 33 heavy (non-hydrogen) atoms. The minimum atomic E-state index is 0.0324. The molecule has 0 bridgehead atoms. The van der Waals surface area contributed by atoms with Crippen molar-refractivity contribution in [2.75, 3.05) is 13.2 Å². The molecule has 1 amide bonds. The Hall–Kier alpha value is -3.60. The summed E-state index contributed by atoms with van der Waals surface area (Å²) in [5.74, 6) is 1.87. The zero-order valence-corrected chi connectivity index (χ0v) is 19.6. The van der Waals surface area contributed by atoms with Crippen molar-refractivity contribution < 1.29 is 9.53 Å². The quantitative estimate of drug-likeness (QED) is 0.400. The molecule has 5 heteroatoms. The number of amides is 1. The smallest absolute Gasteiger partial charge is 0.224 e. The van der Waals surface area contributed by atoms with Crippen molar-refractivity contribution in [3.8, 4) is 5.75 Å². The van der Waals surface area contributed by atoms with Gasteiger partial charge in [0.2, 0.25) is 5.91 Å². The zero-order valence-electron chi connectivity index (χ0n) is 19.6. The molecule has 4 aromatic rings. The third-order valence-corrected chi connectivity index (χ3v) is 6.08. The van der Waals surface area contributed by atoms with Gasteiger partial charge in [0.1, 0.15) is 18.2 Å². The molecule has 0 aliphatic heterocycles. The molecule has 4 rings (SSSR count). The van der Waals surface area contributed by atoms with Gasteiger partial charge >= 0.3 is 0 Å². The molecule has 0 unspecified atom stereocenters. The highest BCUT2D eigenvalue weighted by atomic mass is 16.5. The molecule has 0 spiro atoms. The fourth-order valence-corrected chi connectivity index (χ4v) is 3.98. The number of nitrogens with zero attached hydrogens (tertiary/aromatic N) is 2. The molecular weight excluding hydrogens is 410 g/mol. The number of ether oxygens (including phenoxy) is 1. The minimum Gasteiger partial charge on any atom is -0.492 e. The molecule has 1 N–H and O–H groups in total. The Morgan fingerprint density at radius 2 is 1.73 bits per heavy atom. The summed E-state index contributed by atoms with van der Waals surface area (Å²) < 4.78 is 8.22. The Morgan fingerprint density at radius 3 is 2.55 bits per heavy atom. The molecular formula is C28H31N3O2. The van der Waals surface area contributed by atoms with Crippen LogP contribution in [0.5, 0.6) is 5.75 Å². The number of rotatable bonds is 9. The van der Waals surface area contributed by atoms with Crippen LogP contribution in [0.1, 0.15) is 28.1 Å². The van der Waals surface area contributed by atoms with Gasteiger partial charge in [0, 0.05) is 13.0 Å². The Kier molecular flexibility index (Phi) is 7.08. The van der Waals surface area contributed by atoms with Gasteiger partial charge in [0.05, 0.1) is 24.0 Å². The van der Waals surface area contributed by atoms with Gasteiger partial charge in [-0.05, 0) is 67.3 Å². The Morgan fingerprint density at radius 1 is 0.939 bits per heavy atom. The van der Waals surface area contributed by atoms with Crippen LogP contribution < -0.4 is 10.1 Å². The minimum absolute atomic E-state index is 0.0324. The van der Waals surface area contributed by atoms with Crippen LogP contribution in [0.15, 0.2) is 66.7 Å². The fourth-order valence-electron chi connectivity index (χ4n) is 3.98. The van der Waals surface area contributed by atoms with Crippen LogP contribution in [0.3, 0.4) is 0 Å². The molecule has 0 aliphatic rings. The number of hydrogen-bond acceptors (Lipinski definition) is 3. The molecule has 0 saturated heterocycles. The summed E-state index contributed by atoms with van der Waals surface area (Å²) in [6, 6.07) is 22.3. The standard InChI is InChI=1S/C28H31N3O2/c1-20-12-13-24(18-22(20)3)33-17-16-31-26-11-7-6-10-25(26)30-27(31)14-15-29-28(32)19-23-9-5-4-8-21(23)2/h4-13,18H,14-17,19H2,1-3H3,(H,29,32). The van der Waals surface area contributed by atoms with Crippen LogP contribution in [-0.4, -0.2) is 28.6 Å². The maximum atomic E-state index is 12.4. The molecule has 5 nitrogen and oxygen atoms in total. The Labute approximate surface area is 195 Å². The second-order valence-electron chi connectivity index (χ2n) is 8.47. The van der Waals surface area contributed by atoms with E-state index in [1.807, 2.05) is 55.5 Å². The third-order valence-electron chi connectivity index (χ3n) is 6.08. The maximum Gasteiger partial charge on any atom is 0.224 e. The molecule has 0 aliphatic carbocycles. The highest BCUT2D eigenvalue weighted by Gasteiger charge is 2.12. The van der Waals surface area contributed by atoms with E-state index >= 15 is 0 Å². The lowest BCUT2D eigenvalue weighted by Gasteiger charge is -2.12. The first kappa shape index (κ1) is 22.6. The predicted octanol–water partition coefficient (Wildman–Crippen LogP) is 4.94. The number of hydrogen-bond donors (Lipinski definition) is 1. The molecule has 170 valence electrons. The highest BCUT2D eigenvalue weighted by Crippen LogP contribution is 2.19. The lowest BCUT2D eigenvalue weighted by atomic mass is 10.1. The van der Waals surface area contributed by atoms with E-state index in [-0.39, 0.29) is 5.91 Å². The number of aryl methyl sites for hydroxylation is 3. The highest BCUT2D eigenvalue weighted by molar-refractivity contribution is 5.79. The van der Waals surface area contributed by atoms with Gasteiger partial charge in [-0.3, -0.25) is 4.79 Å². The summed E-state index contributed by atoms with van der Waals surface area (Å²) in [6.07, 6.45) is 1.06. The van der Waals surface area contributed by atoms with E-state index in [1.165, 1.54) is 11.1 Å². The molecule has 0 radical (unpaired) electrons. The number of carbonyl (C=O) groups excluding carboxylic acids is 1. The number of benzene rings is 3. The lowest BCUT2D eigenvalue weighted by Crippen LogP contribution is -2.28. The molecule has 1 heterocycles. The van der Waals surface area contributed by atoms with Gasteiger partial charge in [0.15, 0.2) is 0 Å². The number of nitrogens with one attached hydrogen (secondary N) is 1. The van der Waals surface area contributed by atoms with Gasteiger partial charge in [-0.15, -0.1) is 0 Å². The first-order valence-corrected chi connectivity index (χ1v) is 11.5. The van der Waals surface area contributed by atoms with Crippen LogP contribution in [-0.2, 0) is 24.2 Å². The number of fused-ring (bicyclic) bond motifs is 1. The van der Waals surface area contributed by atoms with Gasteiger partial charge in [0.25, 0.3) is 0 Å². The molecule has 1 aromatic heterocycles. The van der Waals surface area contributed by atoms with Crippen molar-refractivity contribution in [3.05, 3.63) is 94.8 Å². The first-order valence-electron chi connectivity index (χ1n) is 11.5. The zero-order chi connectivity index (χ0) is 23.2. The van der Waals surface area contributed by atoms with Gasteiger partial charge in [-0.1, -0.05) is 42.5 Å². The molecule has 3 aromatic carbocycles. The topological polar surface area (TPSA) is 56.1 Å². The van der Waals surface area contributed by atoms with Crippen molar-refractivity contribution in [1.82, 2.24) is 14.9 Å². The van der Waals surface area contributed by atoms with Crippen LogP contribution >= 0.6 is 0 Å². The monoisotopic (exact) mass is 441 g/mol. The van der Waals surface area contributed by atoms with E-state index in [4.69, 9.17) is 9.72 Å². The molecule has 0 saturated carbocycles. The van der Waals surface area contributed by atoms with Gasteiger partial charge in [-0.25, -0.2) is 4.98 Å². The number of para-hydroxylation sites is 2. The van der Waals surface area contributed by atoms with Gasteiger partial charge in [-0.2, -0.15) is 0 Å². The normalized spacial score (nSPS) is 11.0. The number of imidazole rings is 1. The van der Waals surface area contributed by atoms with E-state index in [0.717, 1.165) is 33.7 Å². The predicted molar refractivity (Wildman–Crippen MR) is 133 cm³/mol. The van der Waals surface area contributed by atoms with Crippen LogP contribution in [0.2, 0.25) is 0 Å². The second kappa shape index (κ2) is 10.3. The first-order chi connectivity index (χ1) is 16.0.